The summed E-state index contributed by atoms with van der Waals surface area (Å²) in [6.45, 7) is 1.61. The molecule has 0 aliphatic rings. The zero-order chi connectivity index (χ0) is 13.9. The Labute approximate surface area is 104 Å². The van der Waals surface area contributed by atoms with E-state index in [1.165, 1.54) is 6.07 Å². The third-order valence-corrected chi connectivity index (χ3v) is 2.30. The van der Waals surface area contributed by atoms with Crippen molar-refractivity contribution in [2.75, 3.05) is 14.1 Å². The van der Waals surface area contributed by atoms with Crippen LogP contribution in [0.25, 0.3) is 6.08 Å². The maximum atomic E-state index is 10.9. The Morgan fingerprint density at radius 2 is 1.78 bits per heavy atom. The number of rotatable bonds is 4. The van der Waals surface area contributed by atoms with Gasteiger partial charge in [-0.05, 0) is 24.8 Å². The molecule has 0 heterocycles. The minimum absolute atomic E-state index is 0.264. The van der Waals surface area contributed by atoms with E-state index >= 15 is 0 Å². The van der Waals surface area contributed by atoms with Crippen LogP contribution in [-0.4, -0.2) is 28.8 Å². The predicted octanol–water partition coefficient (Wildman–Crippen LogP) is 2.34. The second-order valence-corrected chi connectivity index (χ2v) is 3.99. The third-order valence-electron chi connectivity index (χ3n) is 2.30. The molecule has 0 aromatic heterocycles. The average molecular weight is 251 g/mol. The van der Waals surface area contributed by atoms with Gasteiger partial charge < -0.3 is 4.90 Å². The van der Waals surface area contributed by atoms with Crippen molar-refractivity contribution in [3.05, 3.63) is 49.7 Å². The van der Waals surface area contributed by atoms with Gasteiger partial charge in [-0.1, -0.05) is 0 Å². The highest BCUT2D eigenvalue weighted by Crippen LogP contribution is 2.29. The SMILES string of the molecule is Cc1cc([N+](=O)[O-])cc([N+](=O)[O-])c1/C=C/N(C)C. The molecule has 0 saturated heterocycles. The maximum absolute atomic E-state index is 10.9. The predicted molar refractivity (Wildman–Crippen MR) is 67.2 cm³/mol. The standard InChI is InChI=1S/C11H13N3O4/c1-8-6-9(13(15)16)7-11(14(17)18)10(8)4-5-12(2)3/h4-7H,1-3H3/b5-4+. The van der Waals surface area contributed by atoms with Gasteiger partial charge in [0.2, 0.25) is 0 Å². The van der Waals surface area contributed by atoms with Crippen molar-refractivity contribution >= 4 is 17.5 Å². The van der Waals surface area contributed by atoms with Crippen molar-refractivity contribution in [1.29, 1.82) is 0 Å². The van der Waals surface area contributed by atoms with E-state index in [0.29, 0.717) is 11.1 Å². The first-order valence-corrected chi connectivity index (χ1v) is 5.11. The molecule has 0 fully saturated rings. The molecule has 96 valence electrons. The fourth-order valence-corrected chi connectivity index (χ4v) is 1.46. The van der Waals surface area contributed by atoms with Gasteiger partial charge in [0.15, 0.2) is 0 Å². The number of hydrogen-bond donors (Lipinski definition) is 0. The summed E-state index contributed by atoms with van der Waals surface area (Å²) in [6, 6.07) is 2.30. The molecule has 7 nitrogen and oxygen atoms in total. The quantitative estimate of drug-likeness (QED) is 0.605. The van der Waals surface area contributed by atoms with E-state index in [2.05, 4.69) is 0 Å². The Morgan fingerprint density at radius 3 is 2.22 bits per heavy atom. The highest BCUT2D eigenvalue weighted by molar-refractivity contribution is 5.67. The molecule has 0 spiro atoms. The average Bonchev–Trinajstić information content (AvgIpc) is 2.25. The van der Waals surface area contributed by atoms with Crippen LogP contribution in [0.3, 0.4) is 0 Å². The molecule has 0 radical (unpaired) electrons. The van der Waals surface area contributed by atoms with Crippen LogP contribution in [0, 0.1) is 27.2 Å². The Morgan fingerprint density at radius 1 is 1.17 bits per heavy atom. The van der Waals surface area contributed by atoms with E-state index < -0.39 is 9.85 Å². The number of benzene rings is 1. The lowest BCUT2D eigenvalue weighted by molar-refractivity contribution is -0.394. The van der Waals surface area contributed by atoms with Crippen molar-refractivity contribution < 1.29 is 9.85 Å². The van der Waals surface area contributed by atoms with E-state index in [1.54, 1.807) is 38.2 Å². The zero-order valence-electron chi connectivity index (χ0n) is 10.3. The van der Waals surface area contributed by atoms with Gasteiger partial charge in [0.05, 0.1) is 21.5 Å². The van der Waals surface area contributed by atoms with Gasteiger partial charge in [-0.2, -0.15) is 0 Å². The van der Waals surface area contributed by atoms with Crippen LogP contribution >= 0.6 is 0 Å². The van der Waals surface area contributed by atoms with Gasteiger partial charge in [-0.25, -0.2) is 0 Å². The topological polar surface area (TPSA) is 89.5 Å². The smallest absolute Gasteiger partial charge is 0.283 e. The Kier molecular flexibility index (Phi) is 3.98. The van der Waals surface area contributed by atoms with Crippen LogP contribution < -0.4 is 0 Å². The molecule has 0 aliphatic heterocycles. The van der Waals surface area contributed by atoms with Gasteiger partial charge in [0.25, 0.3) is 11.4 Å². The zero-order valence-corrected chi connectivity index (χ0v) is 10.3. The number of aryl methyl sites for hydroxylation is 1. The van der Waals surface area contributed by atoms with Crippen molar-refractivity contribution in [3.8, 4) is 0 Å². The van der Waals surface area contributed by atoms with Crippen LogP contribution in [0.1, 0.15) is 11.1 Å². The van der Waals surface area contributed by atoms with Gasteiger partial charge >= 0.3 is 0 Å². The van der Waals surface area contributed by atoms with E-state index in [9.17, 15) is 20.2 Å². The first-order chi connectivity index (χ1) is 8.32. The summed E-state index contributed by atoms with van der Waals surface area (Å²) in [4.78, 5) is 22.1. The minimum Gasteiger partial charge on any atom is -0.383 e. The molecule has 1 rings (SSSR count). The molecule has 0 amide bonds. The number of nitro benzene ring substituents is 2. The molecule has 1 aromatic carbocycles. The largest absolute Gasteiger partial charge is 0.383 e. The first-order valence-electron chi connectivity index (χ1n) is 5.11. The molecule has 0 N–H and O–H groups in total. The molecule has 0 unspecified atom stereocenters. The maximum Gasteiger partial charge on any atom is 0.283 e. The van der Waals surface area contributed by atoms with Crippen molar-refractivity contribution in [2.24, 2.45) is 0 Å². The summed E-state index contributed by atoms with van der Waals surface area (Å²) >= 11 is 0. The van der Waals surface area contributed by atoms with Crippen LogP contribution in [0.2, 0.25) is 0 Å². The number of hydrogen-bond acceptors (Lipinski definition) is 5. The Hall–Kier alpha value is -2.44. The van der Waals surface area contributed by atoms with Gasteiger partial charge in [0.1, 0.15) is 0 Å². The lowest BCUT2D eigenvalue weighted by Gasteiger charge is -2.06. The molecular formula is C11H13N3O4. The lowest BCUT2D eigenvalue weighted by atomic mass is 10.1. The number of non-ortho nitro benzene ring substituents is 1. The Balaban J connectivity index is 3.41. The lowest BCUT2D eigenvalue weighted by Crippen LogP contribution is -2.01. The summed E-state index contributed by atoms with van der Waals surface area (Å²) in [6.07, 6.45) is 3.22. The normalized spacial score (nSPS) is 10.6. The van der Waals surface area contributed by atoms with Gasteiger partial charge in [-0.3, -0.25) is 20.2 Å². The summed E-state index contributed by atoms with van der Waals surface area (Å²) in [5.41, 5.74) is 0.328. The second-order valence-electron chi connectivity index (χ2n) is 3.99. The molecular weight excluding hydrogens is 238 g/mol. The number of nitro groups is 2. The van der Waals surface area contributed by atoms with Crippen LogP contribution in [0.5, 0.6) is 0 Å². The fraction of sp³-hybridized carbons (Fsp3) is 0.273. The highest BCUT2D eigenvalue weighted by Gasteiger charge is 2.20. The minimum atomic E-state index is -0.639. The summed E-state index contributed by atoms with van der Waals surface area (Å²) in [5.74, 6) is 0. The first kappa shape index (κ1) is 13.6. The molecule has 7 heteroatoms. The van der Waals surface area contributed by atoms with Crippen LogP contribution in [0.4, 0.5) is 11.4 Å². The van der Waals surface area contributed by atoms with Gasteiger partial charge in [0, 0.05) is 20.2 Å². The molecule has 0 atom stereocenters. The van der Waals surface area contributed by atoms with E-state index in [4.69, 9.17) is 0 Å². The van der Waals surface area contributed by atoms with Crippen molar-refractivity contribution in [2.45, 2.75) is 6.92 Å². The van der Waals surface area contributed by atoms with Gasteiger partial charge in [-0.15, -0.1) is 0 Å². The summed E-state index contributed by atoms with van der Waals surface area (Å²) < 4.78 is 0. The molecule has 18 heavy (non-hydrogen) atoms. The second kappa shape index (κ2) is 5.26. The van der Waals surface area contributed by atoms with E-state index in [1.807, 2.05) is 0 Å². The monoisotopic (exact) mass is 251 g/mol. The number of nitrogens with zero attached hydrogens (tertiary/aromatic N) is 3. The molecule has 1 aromatic rings. The fourth-order valence-electron chi connectivity index (χ4n) is 1.46. The molecule has 0 bridgehead atoms. The van der Waals surface area contributed by atoms with E-state index in [-0.39, 0.29) is 11.4 Å². The third kappa shape index (κ3) is 3.03. The molecule has 0 aliphatic carbocycles. The summed E-state index contributed by atoms with van der Waals surface area (Å²) in [5, 5.41) is 21.6. The summed E-state index contributed by atoms with van der Waals surface area (Å²) in [7, 11) is 3.56. The van der Waals surface area contributed by atoms with Crippen LogP contribution in [0.15, 0.2) is 18.3 Å². The van der Waals surface area contributed by atoms with Crippen molar-refractivity contribution in [3.63, 3.8) is 0 Å². The highest BCUT2D eigenvalue weighted by atomic mass is 16.6. The Bertz CT molecular complexity index is 523. The molecule has 0 saturated carbocycles. The van der Waals surface area contributed by atoms with Crippen LogP contribution in [-0.2, 0) is 0 Å². The van der Waals surface area contributed by atoms with E-state index in [0.717, 1.165) is 6.07 Å². The van der Waals surface area contributed by atoms with Crippen molar-refractivity contribution in [1.82, 2.24) is 4.90 Å².